The summed E-state index contributed by atoms with van der Waals surface area (Å²) >= 11 is 0. The number of aromatic nitrogens is 4. The molecule has 0 bridgehead atoms. The van der Waals surface area contributed by atoms with Gasteiger partial charge in [-0.3, -0.25) is 4.98 Å². The van der Waals surface area contributed by atoms with E-state index in [0.717, 1.165) is 0 Å². The molecule has 1 aliphatic rings. The van der Waals surface area contributed by atoms with Crippen molar-refractivity contribution in [2.24, 2.45) is 0 Å². The van der Waals surface area contributed by atoms with Gasteiger partial charge in [-0.15, -0.1) is 0 Å². The lowest BCUT2D eigenvalue weighted by Gasteiger charge is -2.35. The summed E-state index contributed by atoms with van der Waals surface area (Å²) in [5.74, 6) is -1.50. The van der Waals surface area contributed by atoms with Crippen molar-refractivity contribution in [3.63, 3.8) is 0 Å². The van der Waals surface area contributed by atoms with Gasteiger partial charge < -0.3 is 5.32 Å². The summed E-state index contributed by atoms with van der Waals surface area (Å²) in [4.78, 5) is 8.28. The highest BCUT2D eigenvalue weighted by molar-refractivity contribution is 5.37. The number of anilines is 1. The van der Waals surface area contributed by atoms with Gasteiger partial charge in [-0.05, 0) is 6.07 Å². The summed E-state index contributed by atoms with van der Waals surface area (Å²) < 4.78 is 27.0. The fraction of sp³-hybridized carbons (Fsp3) is 0.364. The minimum absolute atomic E-state index is 0.152. The number of nitrogens with one attached hydrogen (secondary N) is 1. The first kappa shape index (κ1) is 11.1. The maximum atomic E-state index is 12.7. The summed E-state index contributed by atoms with van der Waals surface area (Å²) in [6.07, 6.45) is 6.15. The number of rotatable bonds is 3. The van der Waals surface area contributed by atoms with E-state index in [1.807, 2.05) is 0 Å². The van der Waals surface area contributed by atoms with E-state index in [1.165, 1.54) is 6.20 Å². The molecule has 0 radical (unpaired) electrons. The molecule has 3 rings (SSSR count). The van der Waals surface area contributed by atoms with E-state index < -0.39 is 5.92 Å². The van der Waals surface area contributed by atoms with Gasteiger partial charge in [0, 0.05) is 31.3 Å². The van der Waals surface area contributed by atoms with Gasteiger partial charge in [0.2, 0.25) is 0 Å². The van der Waals surface area contributed by atoms with E-state index in [9.17, 15) is 8.78 Å². The van der Waals surface area contributed by atoms with E-state index in [0.29, 0.717) is 11.6 Å². The first-order valence-corrected chi connectivity index (χ1v) is 5.59. The van der Waals surface area contributed by atoms with Crippen molar-refractivity contribution in [2.75, 3.05) is 5.32 Å². The molecule has 18 heavy (non-hydrogen) atoms. The monoisotopic (exact) mass is 251 g/mol. The molecular weight excluding hydrogens is 240 g/mol. The second-order valence-electron chi connectivity index (χ2n) is 4.32. The van der Waals surface area contributed by atoms with Crippen LogP contribution in [0.15, 0.2) is 30.9 Å². The number of halogens is 2. The second-order valence-corrected chi connectivity index (χ2v) is 4.32. The Kier molecular flexibility index (Phi) is 2.46. The maximum Gasteiger partial charge on any atom is 0.252 e. The van der Waals surface area contributed by atoms with Crippen molar-refractivity contribution in [3.8, 4) is 5.82 Å². The van der Waals surface area contributed by atoms with Crippen molar-refractivity contribution in [1.82, 2.24) is 19.7 Å². The fourth-order valence-corrected chi connectivity index (χ4v) is 1.91. The van der Waals surface area contributed by atoms with Gasteiger partial charge in [-0.25, -0.2) is 18.4 Å². The van der Waals surface area contributed by atoms with Gasteiger partial charge in [0.05, 0.1) is 12.4 Å². The van der Waals surface area contributed by atoms with Gasteiger partial charge in [0.15, 0.2) is 5.82 Å². The highest BCUT2D eigenvalue weighted by Crippen LogP contribution is 2.38. The Labute approximate surface area is 102 Å². The van der Waals surface area contributed by atoms with E-state index in [1.54, 1.807) is 29.3 Å². The van der Waals surface area contributed by atoms with Crippen LogP contribution in [0.25, 0.3) is 5.82 Å². The molecule has 2 aromatic heterocycles. The smallest absolute Gasteiger partial charge is 0.252 e. The third-order valence-corrected chi connectivity index (χ3v) is 2.80. The van der Waals surface area contributed by atoms with Crippen LogP contribution in [0.2, 0.25) is 0 Å². The predicted molar refractivity (Wildman–Crippen MR) is 60.7 cm³/mol. The molecule has 0 saturated heterocycles. The summed E-state index contributed by atoms with van der Waals surface area (Å²) in [6, 6.07) is 1.54. The Morgan fingerprint density at radius 1 is 1.33 bits per heavy atom. The standard InChI is InChI=1S/C11H11F2N5/c12-11(13)4-8(5-11)16-9-6-14-7-10(17-9)18-3-1-2-15-18/h1-3,6-8H,4-5H2,(H,16,17). The summed E-state index contributed by atoms with van der Waals surface area (Å²) in [5.41, 5.74) is 0. The lowest BCUT2D eigenvalue weighted by atomic mass is 9.88. The van der Waals surface area contributed by atoms with Gasteiger partial charge >= 0.3 is 0 Å². The average Bonchev–Trinajstić information content (AvgIpc) is 2.80. The highest BCUT2D eigenvalue weighted by atomic mass is 19.3. The Morgan fingerprint density at radius 2 is 2.17 bits per heavy atom. The first-order valence-electron chi connectivity index (χ1n) is 5.59. The normalized spacial score (nSPS) is 18.3. The minimum atomic E-state index is -2.54. The second kappa shape index (κ2) is 4.01. The predicted octanol–water partition coefficient (Wildman–Crippen LogP) is 1.87. The number of nitrogens with zero attached hydrogens (tertiary/aromatic N) is 4. The third kappa shape index (κ3) is 2.15. The van der Waals surface area contributed by atoms with Crippen LogP contribution in [0.4, 0.5) is 14.6 Å². The first-order chi connectivity index (χ1) is 8.62. The van der Waals surface area contributed by atoms with Gasteiger partial charge in [-0.1, -0.05) is 0 Å². The van der Waals surface area contributed by atoms with E-state index in [2.05, 4.69) is 20.4 Å². The maximum absolute atomic E-state index is 12.7. The quantitative estimate of drug-likeness (QED) is 0.904. The largest absolute Gasteiger partial charge is 0.366 e. The molecule has 0 aliphatic heterocycles. The van der Waals surface area contributed by atoms with E-state index >= 15 is 0 Å². The van der Waals surface area contributed by atoms with Crippen molar-refractivity contribution in [1.29, 1.82) is 0 Å². The van der Waals surface area contributed by atoms with Crippen LogP contribution in [-0.4, -0.2) is 31.7 Å². The highest BCUT2D eigenvalue weighted by Gasteiger charge is 2.45. The minimum Gasteiger partial charge on any atom is -0.366 e. The van der Waals surface area contributed by atoms with Crippen molar-refractivity contribution >= 4 is 5.82 Å². The van der Waals surface area contributed by atoms with Crippen LogP contribution in [0, 0.1) is 0 Å². The third-order valence-electron chi connectivity index (χ3n) is 2.80. The Morgan fingerprint density at radius 3 is 2.83 bits per heavy atom. The van der Waals surface area contributed by atoms with E-state index in [4.69, 9.17) is 0 Å². The number of hydrogen-bond acceptors (Lipinski definition) is 4. The molecule has 7 heteroatoms. The summed E-state index contributed by atoms with van der Waals surface area (Å²) in [6.45, 7) is 0. The molecule has 0 spiro atoms. The van der Waals surface area contributed by atoms with Crippen LogP contribution in [-0.2, 0) is 0 Å². The van der Waals surface area contributed by atoms with Crippen LogP contribution in [0.1, 0.15) is 12.8 Å². The molecule has 1 saturated carbocycles. The molecule has 0 amide bonds. The van der Waals surface area contributed by atoms with Crippen LogP contribution in [0.5, 0.6) is 0 Å². The van der Waals surface area contributed by atoms with Gasteiger partial charge in [0.1, 0.15) is 5.82 Å². The molecule has 0 aromatic carbocycles. The molecule has 1 N–H and O–H groups in total. The SMILES string of the molecule is FC1(F)CC(Nc2cncc(-n3cccn3)n2)C1. The van der Waals surface area contributed by atoms with Gasteiger partial charge in [-0.2, -0.15) is 5.10 Å². The molecule has 0 atom stereocenters. The average molecular weight is 251 g/mol. The molecule has 2 aromatic rings. The van der Waals surface area contributed by atoms with Crippen LogP contribution < -0.4 is 5.32 Å². The molecular formula is C11H11F2N5. The van der Waals surface area contributed by atoms with Crippen LogP contribution >= 0.6 is 0 Å². The number of hydrogen-bond donors (Lipinski definition) is 1. The zero-order valence-electron chi connectivity index (χ0n) is 9.42. The fourth-order valence-electron chi connectivity index (χ4n) is 1.91. The van der Waals surface area contributed by atoms with Crippen molar-refractivity contribution in [2.45, 2.75) is 24.8 Å². The molecule has 1 fully saturated rings. The zero-order valence-corrected chi connectivity index (χ0v) is 9.42. The lowest BCUT2D eigenvalue weighted by Crippen LogP contribution is -2.44. The Bertz CT molecular complexity index is 532. The number of alkyl halides is 2. The Balaban J connectivity index is 1.72. The zero-order chi connectivity index (χ0) is 12.6. The molecule has 5 nitrogen and oxygen atoms in total. The lowest BCUT2D eigenvalue weighted by molar-refractivity contribution is -0.0794. The summed E-state index contributed by atoms with van der Waals surface area (Å²) in [7, 11) is 0. The van der Waals surface area contributed by atoms with Crippen molar-refractivity contribution in [3.05, 3.63) is 30.9 Å². The topological polar surface area (TPSA) is 55.6 Å². The van der Waals surface area contributed by atoms with Gasteiger partial charge in [0.25, 0.3) is 5.92 Å². The molecule has 0 unspecified atom stereocenters. The summed E-state index contributed by atoms with van der Waals surface area (Å²) in [5, 5.41) is 6.97. The molecule has 94 valence electrons. The van der Waals surface area contributed by atoms with E-state index in [-0.39, 0.29) is 18.9 Å². The molecule has 2 heterocycles. The Hall–Kier alpha value is -2.05. The van der Waals surface area contributed by atoms with Crippen LogP contribution in [0.3, 0.4) is 0 Å². The van der Waals surface area contributed by atoms with Crippen molar-refractivity contribution < 1.29 is 8.78 Å². The molecule has 1 aliphatic carbocycles.